The van der Waals surface area contributed by atoms with Crippen LogP contribution in [0, 0.1) is 5.82 Å². The van der Waals surface area contributed by atoms with Crippen molar-refractivity contribution >= 4 is 17.5 Å². The van der Waals surface area contributed by atoms with Gasteiger partial charge in [0.2, 0.25) is 5.91 Å². The minimum atomic E-state index is -1.19. The molecule has 2 aromatic rings. The Morgan fingerprint density at radius 2 is 1.78 bits per heavy atom. The molecule has 5 nitrogen and oxygen atoms in total. The van der Waals surface area contributed by atoms with Crippen molar-refractivity contribution in [2.75, 3.05) is 5.32 Å². The molecule has 0 aromatic heterocycles. The fourth-order valence-corrected chi connectivity index (χ4v) is 1.88. The van der Waals surface area contributed by atoms with Gasteiger partial charge in [-0.15, -0.1) is 0 Å². The Labute approximate surface area is 133 Å². The summed E-state index contributed by atoms with van der Waals surface area (Å²) in [4.78, 5) is 23.5. The highest BCUT2D eigenvalue weighted by atomic mass is 19.1. The number of benzene rings is 2. The lowest BCUT2D eigenvalue weighted by Crippen LogP contribution is -2.42. The lowest BCUT2D eigenvalue weighted by atomic mass is 10.1. The molecule has 0 spiro atoms. The molecule has 0 fully saturated rings. The van der Waals surface area contributed by atoms with Gasteiger partial charge in [-0.2, -0.15) is 0 Å². The highest BCUT2D eigenvalue weighted by Crippen LogP contribution is 2.21. The largest absolute Gasteiger partial charge is 0.478 e. The summed E-state index contributed by atoms with van der Waals surface area (Å²) < 4.78 is 18.5. The maximum Gasteiger partial charge on any atom is 0.267 e. The van der Waals surface area contributed by atoms with E-state index in [9.17, 15) is 14.0 Å². The number of hydrogen-bond donors (Lipinski definition) is 2. The average Bonchev–Trinajstić information content (AvgIpc) is 2.49. The van der Waals surface area contributed by atoms with E-state index in [1.165, 1.54) is 30.3 Å². The third-order valence-corrected chi connectivity index (χ3v) is 3.14. The van der Waals surface area contributed by atoms with Crippen LogP contribution in [0.5, 0.6) is 5.75 Å². The topological polar surface area (TPSA) is 81.4 Å². The molecule has 0 saturated heterocycles. The number of nitrogens with one attached hydrogen (secondary N) is 1. The van der Waals surface area contributed by atoms with E-state index in [4.69, 9.17) is 10.5 Å². The second-order valence-electron chi connectivity index (χ2n) is 5.47. The van der Waals surface area contributed by atoms with Crippen molar-refractivity contribution in [2.45, 2.75) is 19.4 Å². The van der Waals surface area contributed by atoms with E-state index in [1.54, 1.807) is 32.0 Å². The average molecular weight is 316 g/mol. The first kappa shape index (κ1) is 16.5. The first-order valence-electron chi connectivity index (χ1n) is 6.94. The number of nitrogens with two attached hydrogens (primary N) is 1. The van der Waals surface area contributed by atoms with E-state index < -0.39 is 17.4 Å². The van der Waals surface area contributed by atoms with Crippen molar-refractivity contribution in [3.63, 3.8) is 0 Å². The van der Waals surface area contributed by atoms with Crippen LogP contribution in [-0.2, 0) is 4.79 Å². The smallest absolute Gasteiger partial charge is 0.267 e. The van der Waals surface area contributed by atoms with Crippen LogP contribution in [0.1, 0.15) is 24.2 Å². The zero-order chi connectivity index (χ0) is 17.0. The molecule has 0 heterocycles. The molecule has 120 valence electrons. The molecule has 6 heteroatoms. The third-order valence-electron chi connectivity index (χ3n) is 3.14. The molecule has 0 atom stereocenters. The molecule has 0 bridgehead atoms. The van der Waals surface area contributed by atoms with Crippen LogP contribution in [0.4, 0.5) is 10.1 Å². The zero-order valence-electron chi connectivity index (χ0n) is 12.8. The Morgan fingerprint density at radius 3 is 2.39 bits per heavy atom. The number of rotatable bonds is 5. The molecule has 0 aliphatic heterocycles. The van der Waals surface area contributed by atoms with Gasteiger partial charge in [0, 0.05) is 11.3 Å². The van der Waals surface area contributed by atoms with Crippen LogP contribution in [0.15, 0.2) is 48.5 Å². The van der Waals surface area contributed by atoms with Crippen LogP contribution in [-0.4, -0.2) is 17.4 Å². The predicted molar refractivity (Wildman–Crippen MR) is 84.7 cm³/mol. The fourth-order valence-electron chi connectivity index (χ4n) is 1.88. The zero-order valence-corrected chi connectivity index (χ0v) is 12.8. The molecule has 2 amide bonds. The number of amides is 2. The molecule has 0 aliphatic carbocycles. The predicted octanol–water partition coefficient (Wildman–Crippen LogP) is 2.72. The van der Waals surface area contributed by atoms with E-state index in [2.05, 4.69) is 5.32 Å². The maximum atomic E-state index is 12.9. The lowest BCUT2D eigenvalue weighted by Gasteiger charge is -2.25. The van der Waals surface area contributed by atoms with Gasteiger partial charge in [0.05, 0.1) is 0 Å². The summed E-state index contributed by atoms with van der Waals surface area (Å²) in [6.45, 7) is 3.17. The third kappa shape index (κ3) is 4.29. The summed E-state index contributed by atoms with van der Waals surface area (Å²) in [5, 5.41) is 2.66. The van der Waals surface area contributed by atoms with Gasteiger partial charge in [-0.25, -0.2) is 4.39 Å². The first-order chi connectivity index (χ1) is 10.8. The van der Waals surface area contributed by atoms with Crippen molar-refractivity contribution in [3.05, 3.63) is 59.9 Å². The number of ether oxygens (including phenoxy) is 1. The van der Waals surface area contributed by atoms with E-state index in [1.807, 2.05) is 0 Å². The summed E-state index contributed by atoms with van der Waals surface area (Å²) in [5.41, 5.74) is 4.74. The van der Waals surface area contributed by atoms with Crippen LogP contribution < -0.4 is 15.8 Å². The Balaban J connectivity index is 2.10. The SMILES string of the molecule is CC(C)(Oc1ccc(F)cc1)C(=O)Nc1cccc(C(N)=O)c1. The van der Waals surface area contributed by atoms with Gasteiger partial charge in [-0.1, -0.05) is 6.07 Å². The molecule has 0 unspecified atom stereocenters. The first-order valence-corrected chi connectivity index (χ1v) is 6.94. The van der Waals surface area contributed by atoms with E-state index >= 15 is 0 Å². The molecule has 3 N–H and O–H groups in total. The van der Waals surface area contributed by atoms with Gasteiger partial charge in [0.25, 0.3) is 5.91 Å². The molecular weight excluding hydrogens is 299 g/mol. The summed E-state index contributed by atoms with van der Waals surface area (Å²) >= 11 is 0. The van der Waals surface area contributed by atoms with Gasteiger partial charge in [-0.05, 0) is 56.3 Å². The molecule has 2 rings (SSSR count). The fraction of sp³-hybridized carbons (Fsp3) is 0.176. The monoisotopic (exact) mass is 316 g/mol. The minimum Gasteiger partial charge on any atom is -0.478 e. The number of hydrogen-bond acceptors (Lipinski definition) is 3. The highest BCUT2D eigenvalue weighted by Gasteiger charge is 2.30. The summed E-state index contributed by atoms with van der Waals surface area (Å²) in [6.07, 6.45) is 0. The molecule has 0 radical (unpaired) electrons. The molecule has 23 heavy (non-hydrogen) atoms. The minimum absolute atomic E-state index is 0.292. The van der Waals surface area contributed by atoms with Gasteiger partial charge in [0.15, 0.2) is 5.60 Å². The summed E-state index contributed by atoms with van der Waals surface area (Å²) in [5.74, 6) is -1.01. The Morgan fingerprint density at radius 1 is 1.13 bits per heavy atom. The Kier molecular flexibility index (Phi) is 4.64. The van der Waals surface area contributed by atoms with Gasteiger partial charge >= 0.3 is 0 Å². The van der Waals surface area contributed by atoms with Crippen molar-refractivity contribution in [1.82, 2.24) is 0 Å². The van der Waals surface area contributed by atoms with Gasteiger partial charge in [-0.3, -0.25) is 9.59 Å². The molecule has 0 aliphatic rings. The Bertz CT molecular complexity index is 727. The van der Waals surface area contributed by atoms with E-state index in [0.717, 1.165) is 0 Å². The lowest BCUT2D eigenvalue weighted by molar-refractivity contribution is -0.128. The number of carbonyl (C=O) groups is 2. The van der Waals surface area contributed by atoms with Crippen LogP contribution in [0.2, 0.25) is 0 Å². The standard InChI is InChI=1S/C17H17FN2O3/c1-17(2,23-14-8-6-12(18)7-9-14)16(22)20-13-5-3-4-11(10-13)15(19)21/h3-10H,1-2H3,(H2,19,21)(H,20,22). The van der Waals surface area contributed by atoms with Crippen molar-refractivity contribution < 1.29 is 18.7 Å². The van der Waals surface area contributed by atoms with Gasteiger partial charge < -0.3 is 15.8 Å². The number of anilines is 1. The highest BCUT2D eigenvalue weighted by molar-refractivity contribution is 5.99. The second kappa shape index (κ2) is 6.48. The molecule has 2 aromatic carbocycles. The van der Waals surface area contributed by atoms with Crippen molar-refractivity contribution in [1.29, 1.82) is 0 Å². The molecule has 0 saturated carbocycles. The van der Waals surface area contributed by atoms with Crippen LogP contribution >= 0.6 is 0 Å². The van der Waals surface area contributed by atoms with Crippen molar-refractivity contribution in [3.8, 4) is 5.75 Å². The normalized spacial score (nSPS) is 10.9. The van der Waals surface area contributed by atoms with Crippen LogP contribution in [0.3, 0.4) is 0 Å². The van der Waals surface area contributed by atoms with Crippen LogP contribution in [0.25, 0.3) is 0 Å². The second-order valence-corrected chi connectivity index (χ2v) is 5.47. The molecular formula is C17H17FN2O3. The quantitative estimate of drug-likeness (QED) is 0.890. The van der Waals surface area contributed by atoms with E-state index in [-0.39, 0.29) is 5.82 Å². The number of carbonyl (C=O) groups excluding carboxylic acids is 2. The summed E-state index contributed by atoms with van der Waals surface area (Å²) in [6, 6.07) is 11.7. The van der Waals surface area contributed by atoms with E-state index in [0.29, 0.717) is 17.0 Å². The number of primary amides is 1. The number of halogens is 1. The Hall–Kier alpha value is -2.89. The van der Waals surface area contributed by atoms with Gasteiger partial charge in [0.1, 0.15) is 11.6 Å². The van der Waals surface area contributed by atoms with Crippen molar-refractivity contribution in [2.24, 2.45) is 5.73 Å². The summed E-state index contributed by atoms with van der Waals surface area (Å²) in [7, 11) is 0. The maximum absolute atomic E-state index is 12.9.